The van der Waals surface area contributed by atoms with Gasteiger partial charge in [0.1, 0.15) is 6.10 Å². The van der Waals surface area contributed by atoms with Gasteiger partial charge >= 0.3 is 11.9 Å². The van der Waals surface area contributed by atoms with Crippen molar-refractivity contribution in [1.82, 2.24) is 0 Å². The lowest BCUT2D eigenvalue weighted by atomic mass is 10.1. The standard InChI is InChI=1S/C13H19NO4/c1-3-4-5-6-7-11(8-9-14)13(17)18-12(16)10(2)15/h8,10,15H,3-7H2,1-2H3. The number of unbranched alkanes of at least 4 members (excludes halogenated alkanes) is 3. The number of hydrogen-bond donors (Lipinski definition) is 1. The first-order valence-corrected chi connectivity index (χ1v) is 6.05. The van der Waals surface area contributed by atoms with Crippen LogP contribution in [0.1, 0.15) is 46.0 Å². The minimum atomic E-state index is -1.35. The second-order valence-electron chi connectivity index (χ2n) is 3.99. The zero-order valence-corrected chi connectivity index (χ0v) is 10.8. The van der Waals surface area contributed by atoms with E-state index < -0.39 is 18.0 Å². The molecule has 0 radical (unpaired) electrons. The Morgan fingerprint density at radius 3 is 2.56 bits per heavy atom. The molecular formula is C13H19NO4. The van der Waals surface area contributed by atoms with Crippen LogP contribution < -0.4 is 0 Å². The Morgan fingerprint density at radius 2 is 2.06 bits per heavy atom. The molecule has 0 amide bonds. The average molecular weight is 253 g/mol. The van der Waals surface area contributed by atoms with Gasteiger partial charge in [-0.15, -0.1) is 0 Å². The molecule has 5 nitrogen and oxygen atoms in total. The Hall–Kier alpha value is -1.67. The number of nitrogens with zero attached hydrogens (tertiary/aromatic N) is 1. The fraction of sp³-hybridized carbons (Fsp3) is 0.615. The maximum atomic E-state index is 11.5. The van der Waals surface area contributed by atoms with Crippen LogP contribution in [0.25, 0.3) is 0 Å². The normalized spacial score (nSPS) is 12.7. The molecule has 1 N–H and O–H groups in total. The summed E-state index contributed by atoms with van der Waals surface area (Å²) in [7, 11) is 0. The first kappa shape index (κ1) is 16.3. The van der Waals surface area contributed by atoms with Crippen molar-refractivity contribution in [3.05, 3.63) is 11.6 Å². The second kappa shape index (κ2) is 9.37. The number of ether oxygens (including phenoxy) is 1. The molecule has 0 aromatic carbocycles. The molecule has 0 aliphatic heterocycles. The number of aliphatic hydroxyl groups is 1. The lowest BCUT2D eigenvalue weighted by molar-refractivity contribution is -0.162. The maximum absolute atomic E-state index is 11.5. The zero-order valence-electron chi connectivity index (χ0n) is 10.8. The third-order valence-electron chi connectivity index (χ3n) is 2.34. The van der Waals surface area contributed by atoms with E-state index in [1.54, 1.807) is 6.07 Å². The van der Waals surface area contributed by atoms with Gasteiger partial charge in [0, 0.05) is 11.6 Å². The van der Waals surface area contributed by atoms with Crippen molar-refractivity contribution in [1.29, 1.82) is 5.26 Å². The van der Waals surface area contributed by atoms with Crippen molar-refractivity contribution in [3.8, 4) is 6.07 Å². The van der Waals surface area contributed by atoms with Gasteiger partial charge in [-0.05, 0) is 19.8 Å². The molecule has 0 aliphatic rings. The second-order valence-corrected chi connectivity index (χ2v) is 3.99. The summed E-state index contributed by atoms with van der Waals surface area (Å²) in [6.45, 7) is 3.28. The third kappa shape index (κ3) is 6.81. The maximum Gasteiger partial charge on any atom is 0.342 e. The van der Waals surface area contributed by atoms with Gasteiger partial charge < -0.3 is 9.84 Å². The summed E-state index contributed by atoms with van der Waals surface area (Å²) in [4.78, 5) is 22.6. The van der Waals surface area contributed by atoms with E-state index in [2.05, 4.69) is 11.7 Å². The zero-order chi connectivity index (χ0) is 14.0. The van der Waals surface area contributed by atoms with Crippen molar-refractivity contribution in [2.75, 3.05) is 0 Å². The number of hydrogen-bond acceptors (Lipinski definition) is 5. The van der Waals surface area contributed by atoms with Crippen molar-refractivity contribution in [3.63, 3.8) is 0 Å². The lowest BCUT2D eigenvalue weighted by Gasteiger charge is -2.07. The summed E-state index contributed by atoms with van der Waals surface area (Å²) in [5, 5.41) is 17.5. The summed E-state index contributed by atoms with van der Waals surface area (Å²) in [6, 6.07) is 1.76. The Balaban J connectivity index is 4.34. The van der Waals surface area contributed by atoms with Gasteiger partial charge in [0.2, 0.25) is 0 Å². The number of aliphatic hydroxyl groups excluding tert-OH is 1. The topological polar surface area (TPSA) is 87.4 Å². The largest absolute Gasteiger partial charge is 0.388 e. The van der Waals surface area contributed by atoms with Crippen LogP contribution in [0.3, 0.4) is 0 Å². The van der Waals surface area contributed by atoms with Crippen molar-refractivity contribution in [2.45, 2.75) is 52.1 Å². The highest BCUT2D eigenvalue weighted by Gasteiger charge is 2.18. The molecule has 5 heteroatoms. The van der Waals surface area contributed by atoms with Gasteiger partial charge in [0.25, 0.3) is 0 Å². The van der Waals surface area contributed by atoms with Crippen LogP contribution in [-0.2, 0) is 14.3 Å². The van der Waals surface area contributed by atoms with Crippen LogP contribution >= 0.6 is 0 Å². The van der Waals surface area contributed by atoms with E-state index in [0.717, 1.165) is 31.8 Å². The Bertz CT molecular complexity index is 352. The van der Waals surface area contributed by atoms with Gasteiger partial charge in [0.05, 0.1) is 6.07 Å². The summed E-state index contributed by atoms with van der Waals surface area (Å²) < 4.78 is 4.44. The minimum Gasteiger partial charge on any atom is -0.388 e. The number of carbonyl (C=O) groups is 2. The monoisotopic (exact) mass is 253 g/mol. The number of nitriles is 1. The number of allylic oxidation sites excluding steroid dienone is 1. The first-order valence-electron chi connectivity index (χ1n) is 6.05. The molecule has 0 saturated carbocycles. The molecule has 100 valence electrons. The van der Waals surface area contributed by atoms with E-state index in [4.69, 9.17) is 10.4 Å². The molecule has 0 bridgehead atoms. The van der Waals surface area contributed by atoms with E-state index in [1.807, 2.05) is 0 Å². The summed E-state index contributed by atoms with van der Waals surface area (Å²) in [5.41, 5.74) is 0.169. The summed E-state index contributed by atoms with van der Waals surface area (Å²) >= 11 is 0. The third-order valence-corrected chi connectivity index (χ3v) is 2.34. The molecule has 0 saturated heterocycles. The molecule has 0 fully saturated rings. The Labute approximate surface area is 107 Å². The van der Waals surface area contributed by atoms with Crippen molar-refractivity contribution < 1.29 is 19.4 Å². The predicted molar refractivity (Wildman–Crippen MR) is 65.2 cm³/mol. The summed E-state index contributed by atoms with van der Waals surface area (Å²) in [6.07, 6.45) is 3.99. The summed E-state index contributed by atoms with van der Waals surface area (Å²) in [5.74, 6) is -1.85. The smallest absolute Gasteiger partial charge is 0.342 e. The molecule has 0 spiro atoms. The van der Waals surface area contributed by atoms with Crippen LogP contribution in [0.2, 0.25) is 0 Å². The highest BCUT2D eigenvalue weighted by Crippen LogP contribution is 2.12. The van der Waals surface area contributed by atoms with E-state index in [9.17, 15) is 9.59 Å². The molecule has 0 rings (SSSR count). The van der Waals surface area contributed by atoms with Crippen LogP contribution in [0.15, 0.2) is 11.6 Å². The Morgan fingerprint density at radius 1 is 1.39 bits per heavy atom. The lowest BCUT2D eigenvalue weighted by Crippen LogP contribution is -2.23. The van der Waals surface area contributed by atoms with Crippen molar-refractivity contribution >= 4 is 11.9 Å². The van der Waals surface area contributed by atoms with Gasteiger partial charge in [-0.1, -0.05) is 26.2 Å². The minimum absolute atomic E-state index is 0.169. The SMILES string of the molecule is CCCCCCC(=CC#N)C(=O)OC(=O)C(C)O. The van der Waals surface area contributed by atoms with Crippen LogP contribution in [0, 0.1) is 11.3 Å². The number of esters is 2. The molecule has 0 aromatic heterocycles. The van der Waals surface area contributed by atoms with Crippen LogP contribution in [-0.4, -0.2) is 23.1 Å². The van der Waals surface area contributed by atoms with E-state index in [0.29, 0.717) is 6.42 Å². The molecule has 0 aliphatic carbocycles. The van der Waals surface area contributed by atoms with E-state index in [-0.39, 0.29) is 5.57 Å². The molecule has 1 atom stereocenters. The quantitative estimate of drug-likeness (QED) is 0.246. The van der Waals surface area contributed by atoms with Gasteiger partial charge in [-0.2, -0.15) is 5.26 Å². The number of carbonyl (C=O) groups excluding carboxylic acids is 2. The van der Waals surface area contributed by atoms with Crippen molar-refractivity contribution in [2.24, 2.45) is 0 Å². The Kier molecular flexibility index (Phi) is 8.50. The molecule has 0 heterocycles. The molecular weight excluding hydrogens is 234 g/mol. The fourth-order valence-electron chi connectivity index (χ4n) is 1.30. The fourth-order valence-corrected chi connectivity index (χ4v) is 1.30. The first-order chi connectivity index (χ1) is 8.52. The van der Waals surface area contributed by atoms with Crippen LogP contribution in [0.5, 0.6) is 0 Å². The van der Waals surface area contributed by atoms with Gasteiger partial charge in [-0.25, -0.2) is 9.59 Å². The molecule has 0 aromatic rings. The van der Waals surface area contributed by atoms with Crippen LogP contribution in [0.4, 0.5) is 0 Å². The molecule has 18 heavy (non-hydrogen) atoms. The molecule has 1 unspecified atom stereocenters. The average Bonchev–Trinajstić information content (AvgIpc) is 2.32. The van der Waals surface area contributed by atoms with Gasteiger partial charge in [-0.3, -0.25) is 0 Å². The van der Waals surface area contributed by atoms with E-state index >= 15 is 0 Å². The predicted octanol–water partition coefficient (Wildman–Crippen LogP) is 1.86. The van der Waals surface area contributed by atoms with Gasteiger partial charge in [0.15, 0.2) is 0 Å². The number of rotatable bonds is 7. The van der Waals surface area contributed by atoms with E-state index in [1.165, 1.54) is 6.92 Å². The highest BCUT2D eigenvalue weighted by atomic mass is 16.6. The highest BCUT2D eigenvalue weighted by molar-refractivity contribution is 5.97.